The highest BCUT2D eigenvalue weighted by Gasteiger charge is 2.63. The van der Waals surface area contributed by atoms with Gasteiger partial charge < -0.3 is 9.84 Å². The molecule has 0 bridgehead atoms. The molecule has 5 rings (SSSR count). The van der Waals surface area contributed by atoms with Crippen molar-refractivity contribution >= 4 is 0 Å². The molecular weight excluding hydrogens is 260 g/mol. The standard InChI is InChI=1S/C19H30O2/c1-18-8-7-14-12(13(18)5-6-17(18)20)4-3-11-9-15-16(21-15)10-19(11,14)2/h11-17,20H,3-10H2,1-2H3/t11-,12-,13-,14-,15+,16+,17+,18-,19-/m0/s1. The number of ether oxygens (including phenoxy) is 1. The first-order valence-corrected chi connectivity index (χ1v) is 9.36. The van der Waals surface area contributed by atoms with E-state index in [0.717, 1.165) is 30.1 Å². The molecule has 0 radical (unpaired) electrons. The summed E-state index contributed by atoms with van der Waals surface area (Å²) >= 11 is 0. The van der Waals surface area contributed by atoms with Crippen molar-refractivity contribution in [1.82, 2.24) is 0 Å². The van der Waals surface area contributed by atoms with Gasteiger partial charge in [-0.2, -0.15) is 0 Å². The molecule has 0 amide bonds. The first-order chi connectivity index (χ1) is 10.0. The van der Waals surface area contributed by atoms with E-state index in [1.54, 1.807) is 0 Å². The SMILES string of the molecule is C[C@]12C[C@H]3O[C@@H]3C[C@@H]1CC[C@@H]1[C@@H]2CC[C@]2(C)[C@H](O)CC[C@@H]12. The lowest BCUT2D eigenvalue weighted by Gasteiger charge is -2.59. The Morgan fingerprint density at radius 2 is 1.71 bits per heavy atom. The Morgan fingerprint density at radius 3 is 2.57 bits per heavy atom. The third kappa shape index (κ3) is 1.62. The topological polar surface area (TPSA) is 32.8 Å². The lowest BCUT2D eigenvalue weighted by atomic mass is 9.45. The molecule has 0 unspecified atom stereocenters. The summed E-state index contributed by atoms with van der Waals surface area (Å²) in [7, 11) is 0. The molecule has 5 aliphatic rings. The van der Waals surface area contributed by atoms with Gasteiger partial charge in [-0.05, 0) is 85.9 Å². The van der Waals surface area contributed by atoms with Crippen LogP contribution in [0.1, 0.15) is 65.2 Å². The summed E-state index contributed by atoms with van der Waals surface area (Å²) in [5.41, 5.74) is 0.771. The lowest BCUT2D eigenvalue weighted by Crippen LogP contribution is -2.54. The molecule has 5 fully saturated rings. The predicted molar refractivity (Wildman–Crippen MR) is 81.8 cm³/mol. The van der Waals surface area contributed by atoms with Crippen LogP contribution in [0.25, 0.3) is 0 Å². The highest BCUT2D eigenvalue weighted by molar-refractivity contribution is 5.12. The van der Waals surface area contributed by atoms with E-state index in [2.05, 4.69) is 13.8 Å². The molecule has 21 heavy (non-hydrogen) atoms. The number of fused-ring (bicyclic) bond motifs is 6. The van der Waals surface area contributed by atoms with E-state index < -0.39 is 0 Å². The van der Waals surface area contributed by atoms with Crippen LogP contribution in [0, 0.1) is 34.5 Å². The van der Waals surface area contributed by atoms with Crippen LogP contribution in [0.2, 0.25) is 0 Å². The lowest BCUT2D eigenvalue weighted by molar-refractivity contribution is -0.117. The monoisotopic (exact) mass is 290 g/mol. The minimum absolute atomic E-state index is 0.0310. The second kappa shape index (κ2) is 4.06. The molecule has 0 aromatic heterocycles. The Kier molecular flexibility index (Phi) is 2.58. The zero-order valence-electron chi connectivity index (χ0n) is 13.6. The van der Waals surface area contributed by atoms with Crippen molar-refractivity contribution in [2.45, 2.75) is 83.5 Å². The van der Waals surface area contributed by atoms with Crippen LogP contribution >= 0.6 is 0 Å². The van der Waals surface area contributed by atoms with Gasteiger partial charge in [0.2, 0.25) is 0 Å². The fraction of sp³-hybridized carbons (Fsp3) is 1.00. The Morgan fingerprint density at radius 1 is 0.905 bits per heavy atom. The van der Waals surface area contributed by atoms with Crippen LogP contribution < -0.4 is 0 Å². The number of aliphatic hydroxyl groups is 1. The third-order valence-electron chi connectivity index (χ3n) is 8.86. The molecule has 118 valence electrons. The Bertz CT molecular complexity index is 462. The molecule has 4 aliphatic carbocycles. The fourth-order valence-corrected chi connectivity index (χ4v) is 7.49. The van der Waals surface area contributed by atoms with E-state index in [9.17, 15) is 5.11 Å². The van der Waals surface area contributed by atoms with Gasteiger partial charge in [-0.15, -0.1) is 0 Å². The minimum atomic E-state index is -0.0310. The maximum atomic E-state index is 10.5. The van der Waals surface area contributed by atoms with E-state index >= 15 is 0 Å². The maximum absolute atomic E-state index is 10.5. The number of aliphatic hydroxyl groups excluding tert-OH is 1. The van der Waals surface area contributed by atoms with Crippen LogP contribution in [-0.2, 0) is 4.74 Å². The predicted octanol–water partition coefficient (Wildman–Crippen LogP) is 3.77. The number of epoxide rings is 1. The van der Waals surface area contributed by atoms with Crippen molar-refractivity contribution in [1.29, 1.82) is 0 Å². The van der Waals surface area contributed by atoms with Crippen LogP contribution in [-0.4, -0.2) is 23.4 Å². The van der Waals surface area contributed by atoms with Gasteiger partial charge in [-0.1, -0.05) is 13.8 Å². The van der Waals surface area contributed by atoms with Crippen molar-refractivity contribution in [2.24, 2.45) is 34.5 Å². The van der Waals surface area contributed by atoms with Crippen molar-refractivity contribution in [3.63, 3.8) is 0 Å². The summed E-state index contributed by atoms with van der Waals surface area (Å²) in [6.07, 6.45) is 11.7. The summed E-state index contributed by atoms with van der Waals surface area (Å²) in [6.45, 7) is 4.99. The molecule has 1 saturated heterocycles. The number of hydrogen-bond acceptors (Lipinski definition) is 2. The van der Waals surface area contributed by atoms with E-state index in [1.807, 2.05) is 0 Å². The summed E-state index contributed by atoms with van der Waals surface area (Å²) in [6, 6.07) is 0. The second-order valence-corrected chi connectivity index (χ2v) is 9.45. The average molecular weight is 290 g/mol. The minimum Gasteiger partial charge on any atom is -0.393 e. The van der Waals surface area contributed by atoms with Crippen molar-refractivity contribution in [3.8, 4) is 0 Å². The first kappa shape index (κ1) is 13.4. The maximum Gasteiger partial charge on any atom is 0.0847 e. The largest absolute Gasteiger partial charge is 0.393 e. The molecule has 4 saturated carbocycles. The summed E-state index contributed by atoms with van der Waals surface area (Å²) < 4.78 is 5.90. The molecular formula is C19H30O2. The number of rotatable bonds is 0. The van der Waals surface area contributed by atoms with E-state index in [-0.39, 0.29) is 11.5 Å². The zero-order valence-corrected chi connectivity index (χ0v) is 13.6. The molecule has 2 nitrogen and oxygen atoms in total. The Labute approximate surface area is 128 Å². The van der Waals surface area contributed by atoms with E-state index in [0.29, 0.717) is 17.6 Å². The molecule has 9 atom stereocenters. The first-order valence-electron chi connectivity index (χ1n) is 9.36. The third-order valence-corrected chi connectivity index (χ3v) is 8.86. The van der Waals surface area contributed by atoms with Gasteiger partial charge in [0.25, 0.3) is 0 Å². The van der Waals surface area contributed by atoms with Gasteiger partial charge in [-0.25, -0.2) is 0 Å². The van der Waals surface area contributed by atoms with Crippen molar-refractivity contribution in [2.75, 3.05) is 0 Å². The van der Waals surface area contributed by atoms with E-state index in [4.69, 9.17) is 4.74 Å². The molecule has 0 spiro atoms. The fourth-order valence-electron chi connectivity index (χ4n) is 7.49. The highest BCUT2D eigenvalue weighted by atomic mass is 16.6. The second-order valence-electron chi connectivity index (χ2n) is 9.45. The van der Waals surface area contributed by atoms with Crippen LogP contribution in [0.15, 0.2) is 0 Å². The van der Waals surface area contributed by atoms with Crippen molar-refractivity contribution in [3.05, 3.63) is 0 Å². The van der Waals surface area contributed by atoms with Gasteiger partial charge >= 0.3 is 0 Å². The normalized spacial score (nSPS) is 65.0. The molecule has 1 aliphatic heterocycles. The zero-order chi connectivity index (χ0) is 14.4. The highest BCUT2D eigenvalue weighted by Crippen LogP contribution is 2.67. The molecule has 1 heterocycles. The van der Waals surface area contributed by atoms with Gasteiger partial charge in [0.15, 0.2) is 0 Å². The van der Waals surface area contributed by atoms with Crippen LogP contribution in [0.5, 0.6) is 0 Å². The summed E-state index contributed by atoms with van der Waals surface area (Å²) in [5.74, 6) is 3.50. The summed E-state index contributed by atoms with van der Waals surface area (Å²) in [5, 5.41) is 10.5. The smallest absolute Gasteiger partial charge is 0.0847 e. The van der Waals surface area contributed by atoms with Gasteiger partial charge in [-0.3, -0.25) is 0 Å². The van der Waals surface area contributed by atoms with Crippen LogP contribution in [0.4, 0.5) is 0 Å². The average Bonchev–Trinajstić information content (AvgIpc) is 3.12. The van der Waals surface area contributed by atoms with Gasteiger partial charge in [0.05, 0.1) is 18.3 Å². The molecule has 0 aromatic carbocycles. The van der Waals surface area contributed by atoms with Gasteiger partial charge in [0, 0.05) is 0 Å². The van der Waals surface area contributed by atoms with Crippen LogP contribution in [0.3, 0.4) is 0 Å². The van der Waals surface area contributed by atoms with Crippen molar-refractivity contribution < 1.29 is 9.84 Å². The summed E-state index contributed by atoms with van der Waals surface area (Å²) in [4.78, 5) is 0. The Balaban J connectivity index is 1.47. The molecule has 0 aromatic rings. The van der Waals surface area contributed by atoms with Gasteiger partial charge in [0.1, 0.15) is 0 Å². The molecule has 1 N–H and O–H groups in total. The Hall–Kier alpha value is -0.0800. The van der Waals surface area contributed by atoms with E-state index in [1.165, 1.54) is 44.9 Å². The quantitative estimate of drug-likeness (QED) is 0.689. The molecule has 2 heteroatoms. The number of hydrogen-bond donors (Lipinski definition) is 1.